The van der Waals surface area contributed by atoms with Gasteiger partial charge >= 0.3 is 0 Å². The molecule has 0 fully saturated rings. The number of ether oxygens (including phenoxy) is 3. The second-order valence-electron chi connectivity index (χ2n) is 5.37. The molecule has 5 nitrogen and oxygen atoms in total. The van der Waals surface area contributed by atoms with E-state index >= 15 is 0 Å². The lowest BCUT2D eigenvalue weighted by Crippen LogP contribution is -2.14. The van der Waals surface area contributed by atoms with Gasteiger partial charge in [-0.05, 0) is 35.7 Å². The van der Waals surface area contributed by atoms with Crippen molar-refractivity contribution in [2.45, 2.75) is 12.3 Å². The third kappa shape index (κ3) is 2.70. The number of methoxy groups -OCH3 is 3. The second-order valence-corrected chi connectivity index (χ2v) is 5.37. The molecule has 5 heteroatoms. The van der Waals surface area contributed by atoms with E-state index in [1.807, 2.05) is 36.4 Å². The van der Waals surface area contributed by atoms with Crippen LogP contribution in [-0.2, 0) is 11.2 Å². The zero-order chi connectivity index (χ0) is 16.4. The normalized spacial score (nSPS) is 15.8. The molecule has 2 aromatic rings. The van der Waals surface area contributed by atoms with Gasteiger partial charge in [0.25, 0.3) is 0 Å². The van der Waals surface area contributed by atoms with E-state index in [2.05, 4.69) is 5.32 Å². The Kier molecular flexibility index (Phi) is 4.10. The Hall–Kier alpha value is -2.69. The number of carbonyl (C=O) groups excluding carboxylic acids is 1. The van der Waals surface area contributed by atoms with Crippen molar-refractivity contribution in [3.8, 4) is 17.2 Å². The van der Waals surface area contributed by atoms with Gasteiger partial charge in [-0.15, -0.1) is 0 Å². The van der Waals surface area contributed by atoms with Crippen molar-refractivity contribution >= 4 is 11.6 Å². The number of para-hydroxylation sites is 1. The highest BCUT2D eigenvalue weighted by Crippen LogP contribution is 2.41. The van der Waals surface area contributed by atoms with Crippen molar-refractivity contribution in [2.24, 2.45) is 0 Å². The number of carbonyl (C=O) groups is 1. The maximum atomic E-state index is 12.3. The van der Waals surface area contributed by atoms with E-state index in [0.717, 1.165) is 16.8 Å². The summed E-state index contributed by atoms with van der Waals surface area (Å²) in [6, 6.07) is 11.5. The average molecular weight is 313 g/mol. The maximum Gasteiger partial charge on any atom is 0.232 e. The van der Waals surface area contributed by atoms with Gasteiger partial charge < -0.3 is 19.5 Å². The molecule has 0 unspecified atom stereocenters. The van der Waals surface area contributed by atoms with Crippen LogP contribution in [0.3, 0.4) is 0 Å². The Morgan fingerprint density at radius 2 is 1.65 bits per heavy atom. The number of hydrogen-bond acceptors (Lipinski definition) is 4. The van der Waals surface area contributed by atoms with E-state index in [1.165, 1.54) is 0 Å². The first-order chi connectivity index (χ1) is 11.2. The van der Waals surface area contributed by atoms with Crippen molar-refractivity contribution in [1.82, 2.24) is 0 Å². The lowest BCUT2D eigenvalue weighted by molar-refractivity contribution is -0.117. The van der Waals surface area contributed by atoms with Crippen LogP contribution in [0.5, 0.6) is 17.2 Å². The smallest absolute Gasteiger partial charge is 0.232 e. The minimum Gasteiger partial charge on any atom is -0.493 e. The number of hydrogen-bond donors (Lipinski definition) is 1. The molecule has 0 aliphatic carbocycles. The molecule has 2 aromatic carbocycles. The van der Waals surface area contributed by atoms with Crippen molar-refractivity contribution in [3.05, 3.63) is 47.5 Å². The predicted octanol–water partition coefficient (Wildman–Crippen LogP) is 2.99. The van der Waals surface area contributed by atoms with E-state index < -0.39 is 0 Å². The number of rotatable bonds is 5. The van der Waals surface area contributed by atoms with Crippen LogP contribution in [0.25, 0.3) is 0 Å². The Morgan fingerprint density at radius 3 is 2.26 bits per heavy atom. The van der Waals surface area contributed by atoms with Crippen molar-refractivity contribution in [3.63, 3.8) is 0 Å². The van der Waals surface area contributed by atoms with Crippen LogP contribution < -0.4 is 19.5 Å². The van der Waals surface area contributed by atoms with Gasteiger partial charge in [0.05, 0.1) is 27.2 Å². The lowest BCUT2D eigenvalue weighted by Gasteiger charge is -2.15. The number of fused-ring (bicyclic) bond motifs is 1. The molecule has 0 saturated carbocycles. The summed E-state index contributed by atoms with van der Waals surface area (Å²) >= 11 is 0. The van der Waals surface area contributed by atoms with Crippen LogP contribution in [0.15, 0.2) is 36.4 Å². The Bertz CT molecular complexity index is 717. The summed E-state index contributed by atoms with van der Waals surface area (Å²) in [6.07, 6.45) is 0.569. The second kappa shape index (κ2) is 6.20. The highest BCUT2D eigenvalue weighted by Gasteiger charge is 2.30. The van der Waals surface area contributed by atoms with Gasteiger partial charge in [-0.2, -0.15) is 0 Å². The first-order valence-corrected chi connectivity index (χ1v) is 7.36. The minimum atomic E-state index is -0.214. The lowest BCUT2D eigenvalue weighted by atomic mass is 9.93. The van der Waals surface area contributed by atoms with Crippen LogP contribution in [0.1, 0.15) is 17.0 Å². The largest absolute Gasteiger partial charge is 0.493 e. The Morgan fingerprint density at radius 1 is 1.00 bits per heavy atom. The third-order valence-electron chi connectivity index (χ3n) is 4.07. The van der Waals surface area contributed by atoms with E-state index in [0.29, 0.717) is 23.7 Å². The van der Waals surface area contributed by atoms with Crippen molar-refractivity contribution in [2.75, 3.05) is 26.6 Å². The Labute approximate surface area is 135 Å². The summed E-state index contributed by atoms with van der Waals surface area (Å²) in [4.78, 5) is 12.3. The molecule has 1 aliphatic rings. The summed E-state index contributed by atoms with van der Waals surface area (Å²) in [7, 11) is 4.73. The van der Waals surface area contributed by atoms with Gasteiger partial charge in [0.1, 0.15) is 0 Å². The van der Waals surface area contributed by atoms with Crippen LogP contribution in [0, 0.1) is 0 Å². The summed E-state index contributed by atoms with van der Waals surface area (Å²) in [6.45, 7) is 0. The van der Waals surface area contributed by atoms with Gasteiger partial charge in [0.15, 0.2) is 11.5 Å². The van der Waals surface area contributed by atoms with Crippen LogP contribution >= 0.6 is 0 Å². The molecule has 23 heavy (non-hydrogen) atoms. The number of anilines is 1. The SMILES string of the molecule is COc1cc(C[C@@H]2C(=O)Nc3ccccc32)cc(OC)c1OC. The monoisotopic (exact) mass is 313 g/mol. The third-order valence-corrected chi connectivity index (χ3v) is 4.07. The number of amides is 1. The van der Waals surface area contributed by atoms with Crippen molar-refractivity contribution < 1.29 is 19.0 Å². The zero-order valence-corrected chi connectivity index (χ0v) is 13.4. The fourth-order valence-electron chi connectivity index (χ4n) is 2.97. The minimum absolute atomic E-state index is 0.0138. The van der Waals surface area contributed by atoms with Gasteiger partial charge in [-0.3, -0.25) is 4.79 Å². The summed E-state index contributed by atoms with van der Waals surface area (Å²) < 4.78 is 16.1. The average Bonchev–Trinajstić information content (AvgIpc) is 2.89. The van der Waals surface area contributed by atoms with Gasteiger partial charge in [-0.25, -0.2) is 0 Å². The number of nitrogens with one attached hydrogen (secondary N) is 1. The quantitative estimate of drug-likeness (QED) is 0.922. The molecule has 0 radical (unpaired) electrons. The molecule has 1 heterocycles. The molecule has 3 rings (SSSR count). The fourth-order valence-corrected chi connectivity index (χ4v) is 2.97. The van der Waals surface area contributed by atoms with E-state index in [-0.39, 0.29) is 11.8 Å². The topological polar surface area (TPSA) is 56.8 Å². The molecular weight excluding hydrogens is 294 g/mol. The van der Waals surface area contributed by atoms with Crippen LogP contribution in [0.2, 0.25) is 0 Å². The van der Waals surface area contributed by atoms with E-state index in [4.69, 9.17) is 14.2 Å². The zero-order valence-electron chi connectivity index (χ0n) is 13.4. The molecule has 1 atom stereocenters. The molecule has 0 spiro atoms. The summed E-state index contributed by atoms with van der Waals surface area (Å²) in [5.74, 6) is 1.53. The van der Waals surface area contributed by atoms with Crippen molar-refractivity contribution in [1.29, 1.82) is 0 Å². The first-order valence-electron chi connectivity index (χ1n) is 7.36. The highest BCUT2D eigenvalue weighted by molar-refractivity contribution is 6.03. The summed E-state index contributed by atoms with van der Waals surface area (Å²) in [5.41, 5.74) is 2.86. The molecule has 0 aromatic heterocycles. The van der Waals surface area contributed by atoms with Crippen LogP contribution in [0.4, 0.5) is 5.69 Å². The van der Waals surface area contributed by atoms with Gasteiger partial charge in [0, 0.05) is 5.69 Å². The molecule has 0 bridgehead atoms. The Balaban J connectivity index is 1.96. The molecule has 1 amide bonds. The van der Waals surface area contributed by atoms with E-state index in [9.17, 15) is 4.79 Å². The van der Waals surface area contributed by atoms with Gasteiger partial charge in [-0.1, -0.05) is 18.2 Å². The first kappa shape index (κ1) is 15.2. The van der Waals surface area contributed by atoms with Gasteiger partial charge in [0.2, 0.25) is 11.7 Å². The molecular formula is C18H19NO4. The van der Waals surface area contributed by atoms with Crippen LogP contribution in [-0.4, -0.2) is 27.2 Å². The maximum absolute atomic E-state index is 12.3. The standard InChI is InChI=1S/C18H19NO4/c1-21-15-9-11(10-16(22-2)17(15)23-3)8-13-12-6-4-5-7-14(12)19-18(13)20/h4-7,9-10,13H,8H2,1-3H3,(H,19,20)/t13-/m0/s1. The molecule has 0 saturated heterocycles. The number of benzene rings is 2. The molecule has 1 aliphatic heterocycles. The summed E-state index contributed by atoms with van der Waals surface area (Å²) in [5, 5.41) is 2.92. The predicted molar refractivity (Wildman–Crippen MR) is 87.6 cm³/mol. The fraction of sp³-hybridized carbons (Fsp3) is 0.278. The molecule has 1 N–H and O–H groups in total. The molecule has 120 valence electrons. The van der Waals surface area contributed by atoms with E-state index in [1.54, 1.807) is 21.3 Å². The highest BCUT2D eigenvalue weighted by atomic mass is 16.5.